The molecule has 1 aliphatic rings. The zero-order valence-electron chi connectivity index (χ0n) is 12.1. The van der Waals surface area contributed by atoms with E-state index in [0.29, 0.717) is 6.10 Å². The molecule has 3 heteroatoms. The molecule has 0 saturated carbocycles. The summed E-state index contributed by atoms with van der Waals surface area (Å²) in [5.41, 5.74) is 0. The molecule has 1 unspecified atom stereocenters. The summed E-state index contributed by atoms with van der Waals surface area (Å²) >= 11 is 0. The minimum absolute atomic E-state index is 0.372. The maximum absolute atomic E-state index is 5.68. The van der Waals surface area contributed by atoms with Crippen LogP contribution in [0.2, 0.25) is 0 Å². The van der Waals surface area contributed by atoms with Crippen molar-refractivity contribution in [2.75, 3.05) is 32.9 Å². The molecule has 1 aliphatic heterocycles. The first kappa shape index (κ1) is 15.9. The van der Waals surface area contributed by atoms with Gasteiger partial charge in [0, 0.05) is 13.2 Å². The van der Waals surface area contributed by atoms with Gasteiger partial charge in [0.15, 0.2) is 0 Å². The van der Waals surface area contributed by atoms with Gasteiger partial charge in [-0.3, -0.25) is 0 Å². The normalized spacial score (nSPS) is 20.2. The molecular formula is C15H31NO2. The molecule has 1 atom stereocenters. The van der Waals surface area contributed by atoms with Crippen molar-refractivity contribution in [3.63, 3.8) is 0 Å². The Kier molecular flexibility index (Phi) is 10.6. The summed E-state index contributed by atoms with van der Waals surface area (Å²) in [6.07, 6.45) is 10.4. The van der Waals surface area contributed by atoms with Gasteiger partial charge in [-0.25, -0.2) is 0 Å². The van der Waals surface area contributed by atoms with Crippen molar-refractivity contribution in [2.45, 2.75) is 64.4 Å². The lowest BCUT2D eigenvalue weighted by Gasteiger charge is -2.22. The Balaban J connectivity index is 1.73. The number of nitrogens with one attached hydrogen (secondary N) is 1. The molecular weight excluding hydrogens is 226 g/mol. The molecule has 1 heterocycles. The molecule has 1 fully saturated rings. The maximum Gasteiger partial charge on any atom is 0.0808 e. The predicted molar refractivity (Wildman–Crippen MR) is 76.0 cm³/mol. The number of hydrogen-bond acceptors (Lipinski definition) is 3. The summed E-state index contributed by atoms with van der Waals surface area (Å²) in [6.45, 7) is 7.18. The lowest BCUT2D eigenvalue weighted by molar-refractivity contribution is -0.0411. The molecule has 0 amide bonds. The summed E-state index contributed by atoms with van der Waals surface area (Å²) in [4.78, 5) is 0. The Morgan fingerprint density at radius 2 is 2.00 bits per heavy atom. The van der Waals surface area contributed by atoms with E-state index < -0.39 is 0 Å². The van der Waals surface area contributed by atoms with Crippen LogP contribution in [0.3, 0.4) is 0 Å². The van der Waals surface area contributed by atoms with Gasteiger partial charge < -0.3 is 14.8 Å². The van der Waals surface area contributed by atoms with Crippen LogP contribution >= 0.6 is 0 Å². The lowest BCUT2D eigenvalue weighted by Crippen LogP contribution is -2.24. The number of ether oxygens (including phenoxy) is 2. The van der Waals surface area contributed by atoms with Gasteiger partial charge in [-0.15, -0.1) is 0 Å². The minimum atomic E-state index is 0.372. The summed E-state index contributed by atoms with van der Waals surface area (Å²) in [5, 5.41) is 3.43. The maximum atomic E-state index is 5.68. The second kappa shape index (κ2) is 11.9. The number of hydrogen-bond donors (Lipinski definition) is 1. The Morgan fingerprint density at radius 1 is 1.11 bits per heavy atom. The number of rotatable bonds is 11. The van der Waals surface area contributed by atoms with E-state index in [1.54, 1.807) is 0 Å². The van der Waals surface area contributed by atoms with Crippen LogP contribution in [0.1, 0.15) is 58.3 Å². The van der Waals surface area contributed by atoms with Crippen LogP contribution in [-0.4, -0.2) is 39.0 Å². The molecule has 1 saturated heterocycles. The predicted octanol–water partition coefficient (Wildman–Crippen LogP) is 3.13. The van der Waals surface area contributed by atoms with Crippen LogP contribution in [0.5, 0.6) is 0 Å². The fourth-order valence-electron chi connectivity index (χ4n) is 2.26. The quantitative estimate of drug-likeness (QED) is 0.577. The highest BCUT2D eigenvalue weighted by atomic mass is 16.5. The van der Waals surface area contributed by atoms with Gasteiger partial charge in [-0.05, 0) is 51.6 Å². The summed E-state index contributed by atoms with van der Waals surface area (Å²) in [7, 11) is 0. The van der Waals surface area contributed by atoms with Gasteiger partial charge in [0.2, 0.25) is 0 Å². The molecule has 0 spiro atoms. The van der Waals surface area contributed by atoms with Gasteiger partial charge in [0.1, 0.15) is 0 Å². The first-order chi connectivity index (χ1) is 8.93. The summed E-state index contributed by atoms with van der Waals surface area (Å²) < 4.78 is 11.3. The smallest absolute Gasteiger partial charge is 0.0808 e. The van der Waals surface area contributed by atoms with Gasteiger partial charge in [0.25, 0.3) is 0 Å². The first-order valence-corrected chi connectivity index (χ1v) is 7.83. The fraction of sp³-hybridized carbons (Fsp3) is 1.00. The highest BCUT2D eigenvalue weighted by Gasteiger charge is 2.13. The summed E-state index contributed by atoms with van der Waals surface area (Å²) in [5.74, 6) is 0. The van der Waals surface area contributed by atoms with E-state index in [2.05, 4.69) is 12.2 Å². The molecule has 1 rings (SSSR count). The van der Waals surface area contributed by atoms with Gasteiger partial charge in [-0.1, -0.05) is 19.8 Å². The van der Waals surface area contributed by atoms with E-state index in [0.717, 1.165) is 26.4 Å². The van der Waals surface area contributed by atoms with Crippen molar-refractivity contribution in [3.8, 4) is 0 Å². The highest BCUT2D eigenvalue weighted by molar-refractivity contribution is 4.62. The molecule has 0 aromatic carbocycles. The standard InChI is InChI=1S/C15H31NO2/c1-2-10-16-11-6-3-4-7-12-17-14-15-9-5-8-13-18-15/h15-16H,2-14H2,1H3. The molecule has 18 heavy (non-hydrogen) atoms. The number of unbranched alkanes of at least 4 members (excludes halogenated alkanes) is 3. The average Bonchev–Trinajstić information content (AvgIpc) is 2.42. The largest absolute Gasteiger partial charge is 0.379 e. The van der Waals surface area contributed by atoms with Crippen LogP contribution in [0.25, 0.3) is 0 Å². The third-order valence-corrected chi connectivity index (χ3v) is 3.40. The van der Waals surface area contributed by atoms with E-state index in [-0.39, 0.29) is 0 Å². The molecule has 0 aromatic rings. The molecule has 0 aliphatic carbocycles. The van der Waals surface area contributed by atoms with Crippen LogP contribution in [0.4, 0.5) is 0 Å². The summed E-state index contributed by atoms with van der Waals surface area (Å²) in [6, 6.07) is 0. The fourth-order valence-corrected chi connectivity index (χ4v) is 2.26. The second-order valence-corrected chi connectivity index (χ2v) is 5.23. The van der Waals surface area contributed by atoms with Crippen molar-refractivity contribution in [1.29, 1.82) is 0 Å². The molecule has 0 bridgehead atoms. The van der Waals surface area contributed by atoms with E-state index in [4.69, 9.17) is 9.47 Å². The van der Waals surface area contributed by atoms with Crippen LogP contribution < -0.4 is 5.32 Å². The Morgan fingerprint density at radius 3 is 2.78 bits per heavy atom. The second-order valence-electron chi connectivity index (χ2n) is 5.23. The Hall–Kier alpha value is -0.120. The van der Waals surface area contributed by atoms with E-state index in [9.17, 15) is 0 Å². The van der Waals surface area contributed by atoms with E-state index >= 15 is 0 Å². The third-order valence-electron chi connectivity index (χ3n) is 3.40. The van der Waals surface area contributed by atoms with Crippen molar-refractivity contribution in [1.82, 2.24) is 5.32 Å². The van der Waals surface area contributed by atoms with Gasteiger partial charge in [-0.2, -0.15) is 0 Å². The third kappa shape index (κ3) is 8.90. The lowest BCUT2D eigenvalue weighted by atomic mass is 10.1. The highest BCUT2D eigenvalue weighted by Crippen LogP contribution is 2.12. The SMILES string of the molecule is CCCNCCCCCCOCC1CCCCO1. The van der Waals surface area contributed by atoms with Crippen molar-refractivity contribution in [3.05, 3.63) is 0 Å². The molecule has 0 aromatic heterocycles. The zero-order valence-corrected chi connectivity index (χ0v) is 12.1. The van der Waals surface area contributed by atoms with Crippen LogP contribution in [0, 0.1) is 0 Å². The topological polar surface area (TPSA) is 30.5 Å². The monoisotopic (exact) mass is 257 g/mol. The molecule has 1 N–H and O–H groups in total. The van der Waals surface area contributed by atoms with Gasteiger partial charge >= 0.3 is 0 Å². The molecule has 0 radical (unpaired) electrons. The van der Waals surface area contributed by atoms with Crippen molar-refractivity contribution in [2.24, 2.45) is 0 Å². The van der Waals surface area contributed by atoms with E-state index in [1.807, 2.05) is 0 Å². The molecule has 3 nitrogen and oxygen atoms in total. The van der Waals surface area contributed by atoms with Crippen molar-refractivity contribution >= 4 is 0 Å². The average molecular weight is 257 g/mol. The molecule has 108 valence electrons. The van der Waals surface area contributed by atoms with Crippen molar-refractivity contribution < 1.29 is 9.47 Å². The zero-order chi connectivity index (χ0) is 12.9. The van der Waals surface area contributed by atoms with Crippen LogP contribution in [-0.2, 0) is 9.47 Å². The van der Waals surface area contributed by atoms with Crippen LogP contribution in [0.15, 0.2) is 0 Å². The first-order valence-electron chi connectivity index (χ1n) is 7.83. The Bertz CT molecular complexity index is 170. The Labute approximate surface area is 113 Å². The van der Waals surface area contributed by atoms with E-state index in [1.165, 1.54) is 57.9 Å². The van der Waals surface area contributed by atoms with Gasteiger partial charge in [0.05, 0.1) is 12.7 Å². The minimum Gasteiger partial charge on any atom is -0.379 e.